The molecule has 4 aromatic heterocycles. The number of rotatable bonds is 4. The first kappa shape index (κ1) is 24.3. The van der Waals surface area contributed by atoms with Crippen LogP contribution < -0.4 is 0 Å². The highest BCUT2D eigenvalue weighted by atomic mass is 32.1. The van der Waals surface area contributed by atoms with E-state index < -0.39 is 0 Å². The second-order valence-corrected chi connectivity index (χ2v) is 13.1. The number of aryl methyl sites for hydroxylation is 2. The highest BCUT2D eigenvalue weighted by molar-refractivity contribution is 7.19. The molecule has 1 aliphatic carbocycles. The van der Waals surface area contributed by atoms with Crippen LogP contribution in [0.1, 0.15) is 78.5 Å². The third kappa shape index (κ3) is 3.52. The van der Waals surface area contributed by atoms with Crippen LogP contribution in [0.4, 0.5) is 0 Å². The second-order valence-electron chi connectivity index (χ2n) is 12.1. The molecule has 8 heteroatoms. The van der Waals surface area contributed by atoms with Gasteiger partial charge in [-0.05, 0) is 80.5 Å². The Kier molecular flexibility index (Phi) is 5.71. The number of hydrogen-bond donors (Lipinski definition) is 1. The summed E-state index contributed by atoms with van der Waals surface area (Å²) in [6.07, 6.45) is 7.99. The highest BCUT2D eigenvalue weighted by Crippen LogP contribution is 2.53. The Morgan fingerprint density at radius 2 is 2.03 bits per heavy atom. The Morgan fingerprint density at radius 1 is 1.18 bits per heavy atom. The normalized spacial score (nSPS) is 25.5. The molecule has 0 aromatic carbocycles. The first-order valence-corrected chi connectivity index (χ1v) is 15.0. The second kappa shape index (κ2) is 8.91. The molecule has 2 aliphatic heterocycles. The number of H-pyrrole nitrogens is 1. The van der Waals surface area contributed by atoms with Crippen LogP contribution in [-0.4, -0.2) is 56.2 Å². The van der Waals surface area contributed by atoms with E-state index in [0.717, 1.165) is 44.5 Å². The van der Waals surface area contributed by atoms with E-state index in [2.05, 4.69) is 60.8 Å². The number of aromatic amines is 1. The third-order valence-electron chi connectivity index (χ3n) is 9.61. The molecule has 6 heterocycles. The molecule has 7 nitrogen and oxygen atoms in total. The van der Waals surface area contributed by atoms with Gasteiger partial charge in [0.2, 0.25) is 5.91 Å². The topological polar surface area (TPSA) is 75.5 Å². The molecule has 1 N–H and O–H groups in total. The molecule has 38 heavy (non-hydrogen) atoms. The number of nitrogens with zero attached hydrogens (tertiary/aromatic N) is 4. The van der Waals surface area contributed by atoms with Crippen LogP contribution in [0.3, 0.4) is 0 Å². The van der Waals surface area contributed by atoms with Crippen molar-refractivity contribution in [1.29, 1.82) is 0 Å². The fourth-order valence-electron chi connectivity index (χ4n) is 7.56. The maximum Gasteiger partial charge on any atom is 0.228 e. The Morgan fingerprint density at radius 3 is 2.74 bits per heavy atom. The van der Waals surface area contributed by atoms with E-state index >= 15 is 0 Å². The predicted octanol–water partition coefficient (Wildman–Crippen LogP) is 6.12. The van der Waals surface area contributed by atoms with Crippen LogP contribution in [0.2, 0.25) is 0 Å². The number of carbonyl (C=O) groups excluding carboxylic acids is 1. The minimum absolute atomic E-state index is 0.0685. The molecule has 4 atom stereocenters. The molecule has 4 aromatic rings. The number of amides is 1. The van der Waals surface area contributed by atoms with Crippen LogP contribution >= 0.6 is 11.3 Å². The predicted molar refractivity (Wildman–Crippen MR) is 151 cm³/mol. The van der Waals surface area contributed by atoms with Gasteiger partial charge in [-0.2, -0.15) is 5.10 Å². The Balaban J connectivity index is 1.23. The van der Waals surface area contributed by atoms with E-state index in [1.165, 1.54) is 48.6 Å². The number of hydrogen-bond acceptors (Lipinski definition) is 5. The van der Waals surface area contributed by atoms with Gasteiger partial charge in [0.05, 0.1) is 18.2 Å². The molecule has 1 unspecified atom stereocenters. The third-order valence-corrected chi connectivity index (χ3v) is 10.9. The van der Waals surface area contributed by atoms with Gasteiger partial charge in [0.1, 0.15) is 11.2 Å². The molecule has 1 saturated carbocycles. The van der Waals surface area contributed by atoms with E-state index in [4.69, 9.17) is 4.74 Å². The zero-order valence-corrected chi connectivity index (χ0v) is 23.8. The number of fused-ring (bicyclic) bond motifs is 4. The number of carbonyl (C=O) groups is 1. The monoisotopic (exact) mass is 531 g/mol. The van der Waals surface area contributed by atoms with Gasteiger partial charge in [0.25, 0.3) is 0 Å². The summed E-state index contributed by atoms with van der Waals surface area (Å²) in [5.74, 6) is 1.91. The largest absolute Gasteiger partial charge is 0.381 e. The molecule has 0 radical (unpaired) electrons. The Hall–Kier alpha value is -2.71. The summed E-state index contributed by atoms with van der Waals surface area (Å²) in [5.41, 5.74) is 8.60. The molecule has 2 saturated heterocycles. The molecule has 2 bridgehead atoms. The lowest BCUT2D eigenvalue weighted by molar-refractivity contribution is -0.141. The molecule has 0 spiro atoms. The molecule has 7 rings (SSSR count). The number of ether oxygens (including phenoxy) is 1. The fraction of sp³-hybridized carbons (Fsp3) is 0.567. The van der Waals surface area contributed by atoms with Crippen molar-refractivity contribution in [3.8, 4) is 11.3 Å². The molecular formula is C30H37N5O2S. The Bertz CT molecular complexity index is 1560. The maximum absolute atomic E-state index is 13.2. The van der Waals surface area contributed by atoms with Crippen molar-refractivity contribution in [1.82, 2.24) is 24.5 Å². The summed E-state index contributed by atoms with van der Waals surface area (Å²) in [4.78, 5) is 26.6. The lowest BCUT2D eigenvalue weighted by Gasteiger charge is -2.35. The standard InChI is InChI=1S/C30H37N5O2S/c1-15(2)24-25-18(5)27(22-10-21-9-20(22)11-34(21)30(36)19-7-6-8-37-13-19)38-29(25)33-26(24)23-12-35-28(31-14-32-35)17(4)16(23)3/h12,14-15,19-22,33H,6-11,13H2,1-5H3/t19-,20+,21?,22-/m1/s1. The van der Waals surface area contributed by atoms with Gasteiger partial charge < -0.3 is 14.6 Å². The summed E-state index contributed by atoms with van der Waals surface area (Å²) in [7, 11) is 0. The summed E-state index contributed by atoms with van der Waals surface area (Å²) in [6, 6.07) is 0.388. The summed E-state index contributed by atoms with van der Waals surface area (Å²) < 4.78 is 7.52. The number of thiophene rings is 1. The van der Waals surface area contributed by atoms with Crippen molar-refractivity contribution in [2.75, 3.05) is 19.8 Å². The van der Waals surface area contributed by atoms with E-state index in [1.807, 2.05) is 15.9 Å². The first-order valence-electron chi connectivity index (χ1n) is 14.2. The van der Waals surface area contributed by atoms with Gasteiger partial charge in [-0.25, -0.2) is 9.50 Å². The smallest absolute Gasteiger partial charge is 0.228 e. The van der Waals surface area contributed by atoms with Crippen molar-refractivity contribution < 1.29 is 9.53 Å². The molecule has 3 fully saturated rings. The van der Waals surface area contributed by atoms with E-state index in [1.54, 1.807) is 6.33 Å². The number of piperidine rings is 1. The quantitative estimate of drug-likeness (QED) is 0.344. The van der Waals surface area contributed by atoms with Gasteiger partial charge in [-0.1, -0.05) is 13.8 Å². The zero-order chi connectivity index (χ0) is 26.3. The van der Waals surface area contributed by atoms with Gasteiger partial charge in [-0.15, -0.1) is 11.3 Å². The minimum atomic E-state index is 0.0685. The van der Waals surface area contributed by atoms with E-state index in [-0.39, 0.29) is 5.92 Å². The Labute approximate surface area is 227 Å². The van der Waals surface area contributed by atoms with Gasteiger partial charge in [-0.3, -0.25) is 4.79 Å². The van der Waals surface area contributed by atoms with E-state index in [0.29, 0.717) is 36.3 Å². The lowest BCUT2D eigenvalue weighted by Crippen LogP contribution is -2.44. The zero-order valence-electron chi connectivity index (χ0n) is 23.0. The van der Waals surface area contributed by atoms with Crippen LogP contribution in [-0.2, 0) is 9.53 Å². The van der Waals surface area contributed by atoms with Crippen molar-refractivity contribution in [2.45, 2.75) is 78.2 Å². The van der Waals surface area contributed by atoms with Crippen LogP contribution in [0.15, 0.2) is 12.5 Å². The van der Waals surface area contributed by atoms with Crippen molar-refractivity contribution in [2.24, 2.45) is 11.8 Å². The summed E-state index contributed by atoms with van der Waals surface area (Å²) in [5, 5.41) is 5.84. The molecule has 200 valence electrons. The lowest BCUT2D eigenvalue weighted by atomic mass is 9.88. The number of aromatic nitrogens is 4. The number of nitrogens with one attached hydrogen (secondary N) is 1. The van der Waals surface area contributed by atoms with Crippen molar-refractivity contribution >= 4 is 33.1 Å². The van der Waals surface area contributed by atoms with Crippen LogP contribution in [0, 0.1) is 32.6 Å². The number of pyridine rings is 1. The highest BCUT2D eigenvalue weighted by Gasteiger charge is 2.49. The molecule has 1 amide bonds. The van der Waals surface area contributed by atoms with Crippen molar-refractivity contribution in [3.63, 3.8) is 0 Å². The molecule has 3 aliphatic rings. The summed E-state index contributed by atoms with van der Waals surface area (Å²) in [6.45, 7) is 13.6. The fourth-order valence-corrected chi connectivity index (χ4v) is 8.99. The average Bonchev–Trinajstić information content (AvgIpc) is 3.73. The minimum Gasteiger partial charge on any atom is -0.381 e. The van der Waals surface area contributed by atoms with Gasteiger partial charge in [0, 0.05) is 47.1 Å². The first-order chi connectivity index (χ1) is 18.3. The number of likely N-dealkylation sites (tertiary alicyclic amines) is 1. The van der Waals surface area contributed by atoms with Gasteiger partial charge in [0.15, 0.2) is 5.65 Å². The molecular weight excluding hydrogens is 494 g/mol. The van der Waals surface area contributed by atoms with Crippen molar-refractivity contribution in [3.05, 3.63) is 39.7 Å². The van der Waals surface area contributed by atoms with Crippen LogP contribution in [0.5, 0.6) is 0 Å². The van der Waals surface area contributed by atoms with Crippen LogP contribution in [0.25, 0.3) is 27.1 Å². The van der Waals surface area contributed by atoms with Gasteiger partial charge >= 0.3 is 0 Å². The maximum atomic E-state index is 13.2. The van der Waals surface area contributed by atoms with E-state index in [9.17, 15) is 4.79 Å². The SMILES string of the molecule is Cc1c(-c2[nH]c3sc([C@@H]4CC5C[C@H]4CN5C(=O)[C@@H]4CCCOC4)c(C)c3c2C(C)C)cn2ncnc2c1C. The summed E-state index contributed by atoms with van der Waals surface area (Å²) >= 11 is 1.95. The average molecular weight is 532 g/mol.